The van der Waals surface area contributed by atoms with Crippen LogP contribution in [0.25, 0.3) is 0 Å². The fraction of sp³-hybridized carbons (Fsp3) is 0.400. The molecule has 4 heteroatoms. The zero-order chi connectivity index (χ0) is 10.4. The summed E-state index contributed by atoms with van der Waals surface area (Å²) in [4.78, 5) is 0. The molecule has 0 saturated carbocycles. The third kappa shape index (κ3) is 2.88. The van der Waals surface area contributed by atoms with Gasteiger partial charge in [-0.05, 0) is 12.1 Å². The second-order valence-corrected chi connectivity index (χ2v) is 2.82. The van der Waals surface area contributed by atoms with Crippen molar-refractivity contribution in [2.24, 2.45) is 0 Å². The lowest BCUT2D eigenvalue weighted by molar-refractivity contribution is 0.233. The van der Waals surface area contributed by atoms with Crippen LogP contribution in [0, 0.1) is 5.82 Å². The first-order valence-corrected chi connectivity index (χ1v) is 4.49. The standard InChI is InChI=1S/C10H14FNO2/c1-12-10-7-8(3-4-9(10)11)14-6-2-5-13/h3-4,7,12-13H,2,5-6H2,1H3. The summed E-state index contributed by atoms with van der Waals surface area (Å²) in [6, 6.07) is 4.50. The zero-order valence-corrected chi connectivity index (χ0v) is 8.09. The molecule has 0 aromatic heterocycles. The Bertz CT molecular complexity index is 291. The molecule has 0 amide bonds. The van der Waals surface area contributed by atoms with Gasteiger partial charge in [0.1, 0.15) is 11.6 Å². The predicted molar refractivity (Wildman–Crippen MR) is 53.1 cm³/mol. The molecule has 78 valence electrons. The van der Waals surface area contributed by atoms with Crippen molar-refractivity contribution in [3.8, 4) is 5.75 Å². The highest BCUT2D eigenvalue weighted by Gasteiger charge is 2.01. The lowest BCUT2D eigenvalue weighted by Gasteiger charge is -2.07. The minimum atomic E-state index is -0.304. The smallest absolute Gasteiger partial charge is 0.146 e. The number of aliphatic hydroxyl groups is 1. The number of benzene rings is 1. The molecule has 0 saturated heterocycles. The first kappa shape index (κ1) is 10.8. The van der Waals surface area contributed by atoms with Gasteiger partial charge >= 0.3 is 0 Å². The maximum absolute atomic E-state index is 13.0. The summed E-state index contributed by atoms with van der Waals surface area (Å²) < 4.78 is 18.3. The van der Waals surface area contributed by atoms with E-state index in [0.717, 1.165) is 0 Å². The fourth-order valence-electron chi connectivity index (χ4n) is 1.04. The second-order valence-electron chi connectivity index (χ2n) is 2.82. The van der Waals surface area contributed by atoms with Crippen molar-refractivity contribution in [3.63, 3.8) is 0 Å². The number of ether oxygens (including phenoxy) is 1. The van der Waals surface area contributed by atoms with Crippen molar-refractivity contribution in [1.29, 1.82) is 0 Å². The summed E-state index contributed by atoms with van der Waals surface area (Å²) in [5.74, 6) is 0.297. The Balaban J connectivity index is 2.60. The summed E-state index contributed by atoms with van der Waals surface area (Å²) >= 11 is 0. The van der Waals surface area contributed by atoms with E-state index in [1.54, 1.807) is 19.2 Å². The van der Waals surface area contributed by atoms with Gasteiger partial charge in [0.2, 0.25) is 0 Å². The topological polar surface area (TPSA) is 41.5 Å². The van der Waals surface area contributed by atoms with E-state index in [1.807, 2.05) is 0 Å². The van der Waals surface area contributed by atoms with Crippen LogP contribution in [0.1, 0.15) is 6.42 Å². The number of aliphatic hydroxyl groups excluding tert-OH is 1. The van der Waals surface area contributed by atoms with E-state index < -0.39 is 0 Å². The molecular weight excluding hydrogens is 185 g/mol. The SMILES string of the molecule is CNc1cc(OCCCO)ccc1F. The van der Waals surface area contributed by atoms with Crippen LogP contribution in [0.5, 0.6) is 5.75 Å². The van der Waals surface area contributed by atoms with Crippen LogP contribution in [-0.2, 0) is 0 Å². The van der Waals surface area contributed by atoms with Gasteiger partial charge in [0, 0.05) is 26.1 Å². The van der Waals surface area contributed by atoms with Crippen LogP contribution < -0.4 is 10.1 Å². The molecule has 0 spiro atoms. The highest BCUT2D eigenvalue weighted by Crippen LogP contribution is 2.20. The molecule has 0 aliphatic heterocycles. The number of hydrogen-bond acceptors (Lipinski definition) is 3. The number of halogens is 1. The molecule has 1 rings (SSSR count). The van der Waals surface area contributed by atoms with Gasteiger partial charge in [-0.2, -0.15) is 0 Å². The van der Waals surface area contributed by atoms with E-state index in [9.17, 15) is 4.39 Å². The molecule has 0 bridgehead atoms. The van der Waals surface area contributed by atoms with Crippen LogP contribution in [-0.4, -0.2) is 25.4 Å². The first-order chi connectivity index (χ1) is 6.77. The molecule has 2 N–H and O–H groups in total. The molecule has 1 aromatic rings. The lowest BCUT2D eigenvalue weighted by Crippen LogP contribution is -2.00. The average molecular weight is 199 g/mol. The van der Waals surface area contributed by atoms with Crippen LogP contribution >= 0.6 is 0 Å². The molecule has 0 fully saturated rings. The molecule has 3 nitrogen and oxygen atoms in total. The van der Waals surface area contributed by atoms with E-state index >= 15 is 0 Å². The fourth-order valence-corrected chi connectivity index (χ4v) is 1.04. The van der Waals surface area contributed by atoms with Crippen LogP contribution in [0.3, 0.4) is 0 Å². The number of hydrogen-bond donors (Lipinski definition) is 2. The summed E-state index contributed by atoms with van der Waals surface area (Å²) in [5, 5.41) is 11.3. The minimum absolute atomic E-state index is 0.0973. The average Bonchev–Trinajstić information content (AvgIpc) is 2.21. The molecule has 0 aliphatic rings. The van der Waals surface area contributed by atoms with Gasteiger partial charge in [-0.3, -0.25) is 0 Å². The number of anilines is 1. The Labute approximate surface area is 82.5 Å². The van der Waals surface area contributed by atoms with Crippen molar-refractivity contribution >= 4 is 5.69 Å². The molecule has 1 aromatic carbocycles. The zero-order valence-electron chi connectivity index (χ0n) is 8.09. The monoisotopic (exact) mass is 199 g/mol. The van der Waals surface area contributed by atoms with Crippen LogP contribution in [0.2, 0.25) is 0 Å². The minimum Gasteiger partial charge on any atom is -0.493 e. The molecular formula is C10H14FNO2. The van der Waals surface area contributed by atoms with Crippen molar-refractivity contribution in [2.45, 2.75) is 6.42 Å². The summed E-state index contributed by atoms with van der Waals surface area (Å²) in [7, 11) is 1.65. The highest BCUT2D eigenvalue weighted by molar-refractivity contribution is 5.48. The van der Waals surface area contributed by atoms with Crippen molar-refractivity contribution < 1.29 is 14.2 Å². The Morgan fingerprint density at radius 2 is 2.29 bits per heavy atom. The molecule has 0 aliphatic carbocycles. The van der Waals surface area contributed by atoms with E-state index in [1.165, 1.54) is 6.07 Å². The maximum atomic E-state index is 13.0. The Morgan fingerprint density at radius 3 is 2.93 bits per heavy atom. The normalized spacial score (nSPS) is 9.93. The summed E-state index contributed by atoms with van der Waals surface area (Å²) in [5.41, 5.74) is 0.409. The van der Waals surface area contributed by atoms with Gasteiger partial charge in [0.05, 0.1) is 12.3 Å². The molecule has 0 unspecified atom stereocenters. The van der Waals surface area contributed by atoms with E-state index in [2.05, 4.69) is 5.32 Å². The third-order valence-corrected chi connectivity index (χ3v) is 1.78. The van der Waals surface area contributed by atoms with Crippen molar-refractivity contribution in [3.05, 3.63) is 24.0 Å². The van der Waals surface area contributed by atoms with Crippen molar-refractivity contribution in [1.82, 2.24) is 0 Å². The van der Waals surface area contributed by atoms with Crippen molar-refractivity contribution in [2.75, 3.05) is 25.6 Å². The van der Waals surface area contributed by atoms with Crippen LogP contribution in [0.15, 0.2) is 18.2 Å². The summed E-state index contributed by atoms with van der Waals surface area (Å²) in [6.45, 7) is 0.533. The molecule has 0 heterocycles. The van der Waals surface area contributed by atoms with E-state index in [-0.39, 0.29) is 12.4 Å². The summed E-state index contributed by atoms with van der Waals surface area (Å²) in [6.07, 6.45) is 0.576. The van der Waals surface area contributed by atoms with Gasteiger partial charge in [0.25, 0.3) is 0 Å². The quantitative estimate of drug-likeness (QED) is 0.708. The lowest BCUT2D eigenvalue weighted by atomic mass is 10.3. The highest BCUT2D eigenvalue weighted by atomic mass is 19.1. The van der Waals surface area contributed by atoms with E-state index in [0.29, 0.717) is 24.5 Å². The second kappa shape index (κ2) is 5.44. The third-order valence-electron chi connectivity index (χ3n) is 1.78. The molecule has 0 radical (unpaired) electrons. The molecule has 0 atom stereocenters. The van der Waals surface area contributed by atoms with Gasteiger partial charge in [-0.1, -0.05) is 0 Å². The van der Waals surface area contributed by atoms with Crippen LogP contribution in [0.4, 0.5) is 10.1 Å². The number of rotatable bonds is 5. The van der Waals surface area contributed by atoms with Gasteiger partial charge in [-0.25, -0.2) is 4.39 Å². The molecule has 14 heavy (non-hydrogen) atoms. The first-order valence-electron chi connectivity index (χ1n) is 4.49. The maximum Gasteiger partial charge on any atom is 0.146 e. The largest absolute Gasteiger partial charge is 0.493 e. The van der Waals surface area contributed by atoms with Gasteiger partial charge in [-0.15, -0.1) is 0 Å². The van der Waals surface area contributed by atoms with Gasteiger partial charge < -0.3 is 15.2 Å². The Kier molecular flexibility index (Phi) is 4.19. The predicted octanol–water partition coefficient (Wildman–Crippen LogP) is 1.63. The van der Waals surface area contributed by atoms with Gasteiger partial charge in [0.15, 0.2) is 0 Å². The Morgan fingerprint density at radius 1 is 1.50 bits per heavy atom. The van der Waals surface area contributed by atoms with E-state index in [4.69, 9.17) is 9.84 Å². The Hall–Kier alpha value is -1.29. The number of nitrogens with one attached hydrogen (secondary N) is 1.